The number of likely N-dealkylation sites (tertiary alicyclic amines) is 1. The number of anilines is 1. The minimum absolute atomic E-state index is 0.485. The second-order valence-electron chi connectivity index (χ2n) is 7.27. The molecule has 1 aliphatic rings. The highest BCUT2D eigenvalue weighted by molar-refractivity contribution is 5.86. The molecule has 0 saturated carbocycles. The molecule has 150 valence electrons. The highest BCUT2D eigenvalue weighted by atomic mass is 16.6. The first-order valence-corrected chi connectivity index (χ1v) is 10.2. The molecule has 1 fully saturated rings. The second kappa shape index (κ2) is 10.7. The number of para-hydroxylation sites is 1. The maximum Gasteiger partial charge on any atom is 0.417 e. The predicted molar refractivity (Wildman–Crippen MR) is 112 cm³/mol. The molecule has 0 spiro atoms. The van der Waals surface area contributed by atoms with Crippen molar-refractivity contribution in [3.8, 4) is 11.5 Å². The topological polar surface area (TPSA) is 50.8 Å². The van der Waals surface area contributed by atoms with Crippen molar-refractivity contribution < 1.29 is 14.3 Å². The lowest BCUT2D eigenvalue weighted by atomic mass is 9.92. The molecule has 2 aromatic carbocycles. The van der Waals surface area contributed by atoms with Gasteiger partial charge in [-0.05, 0) is 68.2 Å². The van der Waals surface area contributed by atoms with Gasteiger partial charge in [0.2, 0.25) is 0 Å². The molecule has 1 N–H and O–H groups in total. The number of benzene rings is 2. The Morgan fingerprint density at radius 2 is 1.71 bits per heavy atom. The number of carbonyl (C=O) groups excluding carboxylic acids is 1. The quantitative estimate of drug-likeness (QED) is 0.683. The van der Waals surface area contributed by atoms with Gasteiger partial charge < -0.3 is 9.47 Å². The zero-order valence-electron chi connectivity index (χ0n) is 16.6. The summed E-state index contributed by atoms with van der Waals surface area (Å²) in [5.74, 6) is 2.18. The number of piperidine rings is 1. The number of hydrogen-bond acceptors (Lipinski definition) is 4. The highest BCUT2D eigenvalue weighted by Crippen LogP contribution is 2.22. The van der Waals surface area contributed by atoms with Gasteiger partial charge in [-0.2, -0.15) is 0 Å². The van der Waals surface area contributed by atoms with E-state index in [1.807, 2.05) is 42.5 Å². The second-order valence-corrected chi connectivity index (χ2v) is 7.27. The molecule has 3 rings (SSSR count). The van der Waals surface area contributed by atoms with Crippen LogP contribution < -0.4 is 14.8 Å². The third-order valence-electron chi connectivity index (χ3n) is 5.13. The van der Waals surface area contributed by atoms with E-state index in [1.165, 1.54) is 38.8 Å². The zero-order chi connectivity index (χ0) is 19.6. The van der Waals surface area contributed by atoms with Crippen LogP contribution in [0.1, 0.15) is 32.6 Å². The first kappa shape index (κ1) is 20.2. The van der Waals surface area contributed by atoms with Crippen LogP contribution in [-0.2, 0) is 0 Å². The molecule has 0 unspecified atom stereocenters. The van der Waals surface area contributed by atoms with Crippen LogP contribution in [0.25, 0.3) is 0 Å². The van der Waals surface area contributed by atoms with Crippen molar-refractivity contribution in [3.05, 3.63) is 54.6 Å². The molecule has 1 aliphatic heterocycles. The van der Waals surface area contributed by atoms with Gasteiger partial charge in [0.25, 0.3) is 0 Å². The molecule has 28 heavy (non-hydrogen) atoms. The van der Waals surface area contributed by atoms with Crippen LogP contribution in [0.2, 0.25) is 0 Å². The first-order valence-electron chi connectivity index (χ1n) is 10.2. The van der Waals surface area contributed by atoms with Crippen LogP contribution in [0.3, 0.4) is 0 Å². The van der Waals surface area contributed by atoms with Gasteiger partial charge in [-0.1, -0.05) is 38.0 Å². The summed E-state index contributed by atoms with van der Waals surface area (Å²) in [6.45, 7) is 6.25. The number of rotatable bonds is 8. The standard InChI is InChI=1S/C23H30N2O3/c1-2-6-19-13-15-25(16-14-19)17-18-27-21-9-11-22(12-10-21)28-23(26)24-20-7-4-3-5-8-20/h3-5,7-12,19H,2,6,13-18H2,1H3,(H,24,26). The van der Waals surface area contributed by atoms with Crippen LogP contribution in [0.5, 0.6) is 11.5 Å². The van der Waals surface area contributed by atoms with Gasteiger partial charge in [0.1, 0.15) is 18.1 Å². The van der Waals surface area contributed by atoms with E-state index in [1.54, 1.807) is 12.1 Å². The van der Waals surface area contributed by atoms with E-state index in [-0.39, 0.29) is 0 Å². The number of ether oxygens (including phenoxy) is 2. The Labute approximate surface area is 167 Å². The van der Waals surface area contributed by atoms with Crippen molar-refractivity contribution >= 4 is 11.8 Å². The summed E-state index contributed by atoms with van der Waals surface area (Å²) in [5, 5.41) is 2.69. The van der Waals surface area contributed by atoms with E-state index in [0.29, 0.717) is 18.0 Å². The zero-order valence-corrected chi connectivity index (χ0v) is 16.6. The van der Waals surface area contributed by atoms with E-state index < -0.39 is 6.09 Å². The number of nitrogens with zero attached hydrogens (tertiary/aromatic N) is 1. The van der Waals surface area contributed by atoms with Crippen molar-refractivity contribution in [2.75, 3.05) is 31.6 Å². The predicted octanol–water partition coefficient (Wildman–Crippen LogP) is 5.19. The largest absolute Gasteiger partial charge is 0.492 e. The van der Waals surface area contributed by atoms with Crippen molar-refractivity contribution in [3.63, 3.8) is 0 Å². The van der Waals surface area contributed by atoms with Crippen molar-refractivity contribution in [2.45, 2.75) is 32.6 Å². The fourth-order valence-corrected chi connectivity index (χ4v) is 3.58. The molecule has 1 amide bonds. The van der Waals surface area contributed by atoms with Gasteiger partial charge in [0.05, 0.1) is 0 Å². The van der Waals surface area contributed by atoms with Gasteiger partial charge >= 0.3 is 6.09 Å². The summed E-state index contributed by atoms with van der Waals surface area (Å²) >= 11 is 0. The molecule has 0 bridgehead atoms. The van der Waals surface area contributed by atoms with E-state index in [0.717, 1.165) is 18.2 Å². The molecule has 0 radical (unpaired) electrons. The molecule has 1 saturated heterocycles. The van der Waals surface area contributed by atoms with Crippen LogP contribution in [0.4, 0.5) is 10.5 Å². The van der Waals surface area contributed by atoms with Crippen LogP contribution >= 0.6 is 0 Å². The highest BCUT2D eigenvalue weighted by Gasteiger charge is 2.18. The molecular formula is C23H30N2O3. The smallest absolute Gasteiger partial charge is 0.417 e. The summed E-state index contributed by atoms with van der Waals surface area (Å²) in [6, 6.07) is 16.4. The third kappa shape index (κ3) is 6.57. The van der Waals surface area contributed by atoms with Gasteiger partial charge in [-0.15, -0.1) is 0 Å². The normalized spacial score (nSPS) is 15.2. The molecule has 0 aliphatic carbocycles. The third-order valence-corrected chi connectivity index (χ3v) is 5.13. The minimum Gasteiger partial charge on any atom is -0.492 e. The number of hydrogen-bond donors (Lipinski definition) is 1. The molecule has 5 heteroatoms. The van der Waals surface area contributed by atoms with Crippen LogP contribution in [0.15, 0.2) is 54.6 Å². The van der Waals surface area contributed by atoms with E-state index >= 15 is 0 Å². The van der Waals surface area contributed by atoms with Crippen molar-refractivity contribution in [1.82, 2.24) is 4.90 Å². The molecule has 5 nitrogen and oxygen atoms in total. The Hall–Kier alpha value is -2.53. The van der Waals surface area contributed by atoms with Crippen LogP contribution in [-0.4, -0.2) is 37.2 Å². The fourth-order valence-electron chi connectivity index (χ4n) is 3.58. The van der Waals surface area contributed by atoms with Crippen molar-refractivity contribution in [2.24, 2.45) is 5.92 Å². The molecular weight excluding hydrogens is 352 g/mol. The first-order chi connectivity index (χ1) is 13.7. The lowest BCUT2D eigenvalue weighted by Crippen LogP contribution is -2.36. The van der Waals surface area contributed by atoms with Gasteiger partial charge in [-0.25, -0.2) is 4.79 Å². The molecule has 1 heterocycles. The number of amides is 1. The van der Waals surface area contributed by atoms with Crippen LogP contribution in [0, 0.1) is 5.92 Å². The lowest BCUT2D eigenvalue weighted by Gasteiger charge is -2.31. The fraction of sp³-hybridized carbons (Fsp3) is 0.435. The van der Waals surface area contributed by atoms with E-state index in [2.05, 4.69) is 17.1 Å². The maximum atomic E-state index is 11.9. The summed E-state index contributed by atoms with van der Waals surface area (Å²) in [7, 11) is 0. The minimum atomic E-state index is -0.508. The SMILES string of the molecule is CCCC1CCN(CCOc2ccc(OC(=O)Nc3ccccc3)cc2)CC1. The Morgan fingerprint density at radius 1 is 1.04 bits per heavy atom. The van der Waals surface area contributed by atoms with Gasteiger partial charge in [0, 0.05) is 12.2 Å². The monoisotopic (exact) mass is 382 g/mol. The molecule has 0 atom stereocenters. The Bertz CT molecular complexity index is 710. The lowest BCUT2D eigenvalue weighted by molar-refractivity contribution is 0.151. The summed E-state index contributed by atoms with van der Waals surface area (Å²) in [5.41, 5.74) is 0.700. The Morgan fingerprint density at radius 3 is 2.39 bits per heavy atom. The number of nitrogens with one attached hydrogen (secondary N) is 1. The van der Waals surface area contributed by atoms with E-state index in [9.17, 15) is 4.79 Å². The van der Waals surface area contributed by atoms with Gasteiger partial charge in [-0.3, -0.25) is 10.2 Å². The molecule has 2 aromatic rings. The molecule has 0 aromatic heterocycles. The average Bonchev–Trinajstić information content (AvgIpc) is 2.71. The summed E-state index contributed by atoms with van der Waals surface area (Å²) in [6.07, 6.45) is 4.77. The summed E-state index contributed by atoms with van der Waals surface area (Å²) < 4.78 is 11.1. The average molecular weight is 383 g/mol. The summed E-state index contributed by atoms with van der Waals surface area (Å²) in [4.78, 5) is 14.4. The Balaban J connectivity index is 1.36. The van der Waals surface area contributed by atoms with Crippen molar-refractivity contribution in [1.29, 1.82) is 0 Å². The van der Waals surface area contributed by atoms with E-state index in [4.69, 9.17) is 9.47 Å². The number of carbonyl (C=O) groups is 1. The maximum absolute atomic E-state index is 11.9. The van der Waals surface area contributed by atoms with Gasteiger partial charge in [0.15, 0.2) is 0 Å². The Kier molecular flexibility index (Phi) is 7.73.